The highest BCUT2D eigenvalue weighted by atomic mass is 19.1. The summed E-state index contributed by atoms with van der Waals surface area (Å²) in [5.74, 6) is -0.303. The third-order valence-corrected chi connectivity index (χ3v) is 2.97. The zero-order chi connectivity index (χ0) is 11.5. The molecule has 1 heterocycles. The van der Waals surface area contributed by atoms with E-state index in [2.05, 4.69) is 4.90 Å². The molecular formula is C12H16FNO2. The number of hydrogen-bond acceptors (Lipinski definition) is 3. The van der Waals surface area contributed by atoms with Crippen LogP contribution in [0.15, 0.2) is 18.2 Å². The minimum absolute atomic E-state index is 0.133. The Morgan fingerprint density at radius 1 is 1.50 bits per heavy atom. The molecule has 0 spiro atoms. The molecule has 1 saturated heterocycles. The molecule has 0 aromatic heterocycles. The highest BCUT2D eigenvalue weighted by molar-refractivity contribution is 5.50. The van der Waals surface area contributed by atoms with Crippen LogP contribution in [0.3, 0.4) is 0 Å². The molecule has 1 aromatic carbocycles. The van der Waals surface area contributed by atoms with Crippen LogP contribution in [-0.4, -0.2) is 31.4 Å². The summed E-state index contributed by atoms with van der Waals surface area (Å²) < 4.78 is 18.5. The number of nitrogens with zero attached hydrogens (tertiary/aromatic N) is 1. The normalized spacial score (nSPS) is 20.4. The molecule has 0 aliphatic carbocycles. The Morgan fingerprint density at radius 3 is 2.94 bits per heavy atom. The first kappa shape index (κ1) is 11.4. The van der Waals surface area contributed by atoms with Crippen molar-refractivity contribution in [2.75, 3.05) is 25.1 Å². The van der Waals surface area contributed by atoms with Gasteiger partial charge in [-0.25, -0.2) is 4.39 Å². The number of benzene rings is 1. The molecule has 2 rings (SSSR count). The molecular weight excluding hydrogens is 209 g/mol. The molecule has 88 valence electrons. The monoisotopic (exact) mass is 225 g/mol. The predicted octanol–water partition coefficient (Wildman–Crippen LogP) is 1.54. The van der Waals surface area contributed by atoms with Crippen molar-refractivity contribution in [3.8, 4) is 0 Å². The topological polar surface area (TPSA) is 32.7 Å². The smallest absolute Gasteiger partial charge is 0.125 e. The van der Waals surface area contributed by atoms with E-state index >= 15 is 0 Å². The van der Waals surface area contributed by atoms with E-state index in [1.807, 2.05) is 6.07 Å². The van der Waals surface area contributed by atoms with Crippen LogP contribution < -0.4 is 4.90 Å². The largest absolute Gasteiger partial charge is 0.392 e. The van der Waals surface area contributed by atoms with Gasteiger partial charge in [0.2, 0.25) is 0 Å². The zero-order valence-corrected chi connectivity index (χ0v) is 9.32. The highest BCUT2D eigenvalue weighted by Crippen LogP contribution is 2.23. The zero-order valence-electron chi connectivity index (χ0n) is 9.32. The second-order valence-electron chi connectivity index (χ2n) is 4.07. The molecule has 3 nitrogen and oxygen atoms in total. The Kier molecular flexibility index (Phi) is 3.41. The summed E-state index contributed by atoms with van der Waals surface area (Å²) in [4.78, 5) is 2.08. The summed E-state index contributed by atoms with van der Waals surface area (Å²) >= 11 is 0. The van der Waals surface area contributed by atoms with Gasteiger partial charge < -0.3 is 14.7 Å². The van der Waals surface area contributed by atoms with Crippen LogP contribution >= 0.6 is 0 Å². The molecule has 1 N–H and O–H groups in total. The first-order chi connectivity index (χ1) is 7.72. The number of aliphatic hydroxyl groups is 1. The van der Waals surface area contributed by atoms with Crippen LogP contribution in [0.5, 0.6) is 0 Å². The lowest BCUT2D eigenvalue weighted by Gasteiger charge is -2.19. The Hall–Kier alpha value is -1.13. The summed E-state index contributed by atoms with van der Waals surface area (Å²) in [7, 11) is 1.69. The Labute approximate surface area is 94.4 Å². The fraction of sp³-hybridized carbons (Fsp3) is 0.500. The number of aliphatic hydroxyl groups excluding tert-OH is 1. The van der Waals surface area contributed by atoms with Crippen molar-refractivity contribution >= 4 is 5.69 Å². The number of anilines is 1. The molecule has 1 atom stereocenters. The van der Waals surface area contributed by atoms with Gasteiger partial charge >= 0.3 is 0 Å². The van der Waals surface area contributed by atoms with Gasteiger partial charge in [-0.05, 0) is 30.2 Å². The van der Waals surface area contributed by atoms with Gasteiger partial charge in [0, 0.05) is 25.9 Å². The van der Waals surface area contributed by atoms with Crippen molar-refractivity contribution in [3.05, 3.63) is 29.6 Å². The second kappa shape index (κ2) is 4.80. The van der Waals surface area contributed by atoms with Crippen molar-refractivity contribution in [1.29, 1.82) is 0 Å². The Balaban J connectivity index is 2.17. The molecule has 1 fully saturated rings. The predicted molar refractivity (Wildman–Crippen MR) is 59.9 cm³/mol. The molecule has 1 unspecified atom stereocenters. The fourth-order valence-electron chi connectivity index (χ4n) is 2.06. The van der Waals surface area contributed by atoms with Crippen molar-refractivity contribution in [2.45, 2.75) is 19.1 Å². The lowest BCUT2D eigenvalue weighted by molar-refractivity contribution is 0.121. The van der Waals surface area contributed by atoms with Crippen molar-refractivity contribution < 1.29 is 14.2 Å². The summed E-state index contributed by atoms with van der Waals surface area (Å²) in [5, 5.41) is 9.02. The standard InChI is InChI=1S/C12H16FNO2/c1-16-12-2-3-14(7-12)11-5-9(8-15)4-10(13)6-11/h4-6,12,15H,2-3,7-8H2,1H3. The van der Waals surface area contributed by atoms with E-state index in [1.54, 1.807) is 7.11 Å². The summed E-state index contributed by atoms with van der Waals surface area (Å²) in [6.45, 7) is 1.52. The average molecular weight is 225 g/mol. The van der Waals surface area contributed by atoms with Gasteiger partial charge in [0.1, 0.15) is 5.82 Å². The molecule has 1 aliphatic rings. The molecule has 16 heavy (non-hydrogen) atoms. The van der Waals surface area contributed by atoms with Crippen molar-refractivity contribution in [3.63, 3.8) is 0 Å². The summed E-state index contributed by atoms with van der Waals surface area (Å²) in [5.41, 5.74) is 1.43. The molecule has 1 aromatic rings. The van der Waals surface area contributed by atoms with E-state index < -0.39 is 0 Å². The van der Waals surface area contributed by atoms with Gasteiger partial charge in [-0.3, -0.25) is 0 Å². The SMILES string of the molecule is COC1CCN(c2cc(F)cc(CO)c2)C1. The number of hydrogen-bond donors (Lipinski definition) is 1. The molecule has 4 heteroatoms. The van der Waals surface area contributed by atoms with Crippen LogP contribution in [-0.2, 0) is 11.3 Å². The van der Waals surface area contributed by atoms with Gasteiger partial charge in [-0.15, -0.1) is 0 Å². The van der Waals surface area contributed by atoms with E-state index in [9.17, 15) is 4.39 Å². The lowest BCUT2D eigenvalue weighted by atomic mass is 10.2. The third-order valence-electron chi connectivity index (χ3n) is 2.97. The van der Waals surface area contributed by atoms with E-state index in [4.69, 9.17) is 9.84 Å². The van der Waals surface area contributed by atoms with Gasteiger partial charge in [0.05, 0.1) is 12.7 Å². The van der Waals surface area contributed by atoms with Gasteiger partial charge in [0.25, 0.3) is 0 Å². The lowest BCUT2D eigenvalue weighted by Crippen LogP contribution is -2.22. The first-order valence-corrected chi connectivity index (χ1v) is 5.41. The van der Waals surface area contributed by atoms with Crippen molar-refractivity contribution in [1.82, 2.24) is 0 Å². The van der Waals surface area contributed by atoms with Crippen LogP contribution in [0.25, 0.3) is 0 Å². The number of methoxy groups -OCH3 is 1. The Morgan fingerprint density at radius 2 is 2.31 bits per heavy atom. The maximum Gasteiger partial charge on any atom is 0.125 e. The van der Waals surface area contributed by atoms with E-state index in [0.29, 0.717) is 5.56 Å². The molecule has 0 radical (unpaired) electrons. The molecule has 1 aliphatic heterocycles. The molecule has 0 bridgehead atoms. The Bertz CT molecular complexity index is 370. The number of rotatable bonds is 3. The van der Waals surface area contributed by atoms with Gasteiger partial charge in [-0.2, -0.15) is 0 Å². The fourth-order valence-corrected chi connectivity index (χ4v) is 2.06. The minimum Gasteiger partial charge on any atom is -0.392 e. The maximum absolute atomic E-state index is 13.3. The van der Waals surface area contributed by atoms with E-state index in [0.717, 1.165) is 25.2 Å². The third kappa shape index (κ3) is 2.33. The maximum atomic E-state index is 13.3. The number of halogens is 1. The quantitative estimate of drug-likeness (QED) is 0.847. The van der Waals surface area contributed by atoms with Crippen LogP contribution in [0.1, 0.15) is 12.0 Å². The average Bonchev–Trinajstić information content (AvgIpc) is 2.76. The number of ether oxygens (including phenoxy) is 1. The minimum atomic E-state index is -0.303. The first-order valence-electron chi connectivity index (χ1n) is 5.41. The summed E-state index contributed by atoms with van der Waals surface area (Å²) in [6.07, 6.45) is 1.18. The van der Waals surface area contributed by atoms with Crippen LogP contribution in [0, 0.1) is 5.82 Å². The van der Waals surface area contributed by atoms with E-state index in [1.165, 1.54) is 12.1 Å². The molecule has 0 saturated carbocycles. The highest BCUT2D eigenvalue weighted by Gasteiger charge is 2.22. The van der Waals surface area contributed by atoms with Gasteiger partial charge in [-0.1, -0.05) is 0 Å². The van der Waals surface area contributed by atoms with Gasteiger partial charge in [0.15, 0.2) is 0 Å². The molecule has 0 amide bonds. The second-order valence-corrected chi connectivity index (χ2v) is 4.07. The van der Waals surface area contributed by atoms with Crippen LogP contribution in [0.4, 0.5) is 10.1 Å². The van der Waals surface area contributed by atoms with E-state index in [-0.39, 0.29) is 18.5 Å². The van der Waals surface area contributed by atoms with Crippen LogP contribution in [0.2, 0.25) is 0 Å². The summed E-state index contributed by atoms with van der Waals surface area (Å²) in [6, 6.07) is 4.67. The van der Waals surface area contributed by atoms with Crippen molar-refractivity contribution in [2.24, 2.45) is 0 Å².